The Kier molecular flexibility index (Phi) is 7.21. The summed E-state index contributed by atoms with van der Waals surface area (Å²) < 4.78 is 23.8. The smallest absolute Gasteiger partial charge is 0.331 e. The number of hydrogen-bond acceptors (Lipinski definition) is 5. The molecule has 1 aliphatic heterocycles. The van der Waals surface area contributed by atoms with Crippen LogP contribution in [0.25, 0.3) is 6.08 Å². The molecule has 0 spiro atoms. The van der Waals surface area contributed by atoms with E-state index in [-0.39, 0.29) is 10.6 Å². The molecular weight excluding hydrogens is 399 g/mol. The molecule has 2 aromatic carbocycles. The number of benzene rings is 2. The molecule has 8 heteroatoms. The number of rotatable bonds is 6. The number of carbonyl (C=O) groups is 2. The summed E-state index contributed by atoms with van der Waals surface area (Å²) in [5, 5.41) is 2.83. The molecule has 0 radical (unpaired) electrons. The van der Waals surface area contributed by atoms with Gasteiger partial charge in [0.15, 0.2) is 6.61 Å². The van der Waals surface area contributed by atoms with Gasteiger partial charge in [0.05, 0.1) is 18.2 Å². The molecule has 1 heterocycles. The SMILES string of the molecule is O=C(COC(=O)/C=C/c1c(F)cccc1Cl)Nc1ccc(N2CCOCC2)cc1. The number of halogens is 2. The van der Waals surface area contributed by atoms with Gasteiger partial charge in [-0.2, -0.15) is 0 Å². The summed E-state index contributed by atoms with van der Waals surface area (Å²) in [6, 6.07) is 11.6. The molecule has 0 saturated carbocycles. The Morgan fingerprint density at radius 1 is 1.17 bits per heavy atom. The van der Waals surface area contributed by atoms with Gasteiger partial charge in [0.2, 0.25) is 0 Å². The third-order valence-electron chi connectivity index (χ3n) is 4.26. The molecule has 1 saturated heterocycles. The third kappa shape index (κ3) is 6.04. The first-order valence-electron chi connectivity index (χ1n) is 9.04. The van der Waals surface area contributed by atoms with Gasteiger partial charge in [-0.3, -0.25) is 4.79 Å². The first kappa shape index (κ1) is 20.8. The average Bonchev–Trinajstić information content (AvgIpc) is 2.73. The molecule has 1 fully saturated rings. The molecule has 2 aromatic rings. The topological polar surface area (TPSA) is 67.9 Å². The molecular formula is C21H20ClFN2O4. The molecule has 6 nitrogen and oxygen atoms in total. The Bertz CT molecular complexity index is 876. The molecule has 29 heavy (non-hydrogen) atoms. The van der Waals surface area contributed by atoms with Crippen molar-refractivity contribution in [3.8, 4) is 0 Å². The van der Waals surface area contributed by atoms with Gasteiger partial charge in [-0.1, -0.05) is 17.7 Å². The summed E-state index contributed by atoms with van der Waals surface area (Å²) in [5.41, 5.74) is 1.72. The van der Waals surface area contributed by atoms with Crippen molar-refractivity contribution in [2.75, 3.05) is 43.1 Å². The summed E-state index contributed by atoms with van der Waals surface area (Å²) in [4.78, 5) is 25.9. The second-order valence-electron chi connectivity index (χ2n) is 6.27. The molecule has 0 atom stereocenters. The Hall–Kier alpha value is -2.90. The Balaban J connectivity index is 1.47. The van der Waals surface area contributed by atoms with Crippen LogP contribution in [0.3, 0.4) is 0 Å². The second kappa shape index (κ2) is 10.0. The largest absolute Gasteiger partial charge is 0.452 e. The molecule has 152 valence electrons. The van der Waals surface area contributed by atoms with Gasteiger partial charge >= 0.3 is 5.97 Å². The van der Waals surface area contributed by atoms with Crippen molar-refractivity contribution in [1.82, 2.24) is 0 Å². The minimum atomic E-state index is -0.776. The Morgan fingerprint density at radius 2 is 1.90 bits per heavy atom. The number of amides is 1. The molecule has 1 aliphatic rings. The van der Waals surface area contributed by atoms with E-state index in [0.717, 1.165) is 24.9 Å². The lowest BCUT2D eigenvalue weighted by Gasteiger charge is -2.28. The fourth-order valence-electron chi connectivity index (χ4n) is 2.78. The minimum Gasteiger partial charge on any atom is -0.452 e. The molecule has 3 rings (SSSR count). The Morgan fingerprint density at radius 3 is 2.59 bits per heavy atom. The van der Waals surface area contributed by atoms with Crippen LogP contribution in [0.2, 0.25) is 5.02 Å². The van der Waals surface area contributed by atoms with Crippen molar-refractivity contribution in [2.24, 2.45) is 0 Å². The Labute approximate surface area is 172 Å². The van der Waals surface area contributed by atoms with E-state index >= 15 is 0 Å². The lowest BCUT2D eigenvalue weighted by Crippen LogP contribution is -2.36. The molecule has 1 amide bonds. The van der Waals surface area contributed by atoms with Crippen molar-refractivity contribution in [2.45, 2.75) is 0 Å². The molecule has 0 unspecified atom stereocenters. The highest BCUT2D eigenvalue weighted by Crippen LogP contribution is 2.20. The summed E-state index contributed by atoms with van der Waals surface area (Å²) >= 11 is 5.87. The zero-order valence-electron chi connectivity index (χ0n) is 15.6. The second-order valence-corrected chi connectivity index (χ2v) is 6.68. The van der Waals surface area contributed by atoms with Crippen LogP contribution in [0.15, 0.2) is 48.5 Å². The van der Waals surface area contributed by atoms with Crippen molar-refractivity contribution in [3.05, 3.63) is 64.9 Å². The maximum absolute atomic E-state index is 13.6. The minimum absolute atomic E-state index is 0.0796. The van der Waals surface area contributed by atoms with E-state index in [9.17, 15) is 14.0 Å². The van der Waals surface area contributed by atoms with Gasteiger partial charge in [-0.25, -0.2) is 9.18 Å². The predicted molar refractivity (Wildman–Crippen MR) is 110 cm³/mol. The lowest BCUT2D eigenvalue weighted by atomic mass is 10.2. The number of ether oxygens (including phenoxy) is 2. The van der Waals surface area contributed by atoms with Gasteiger partial charge in [-0.05, 0) is 42.5 Å². The number of morpholine rings is 1. The predicted octanol–water partition coefficient (Wildman–Crippen LogP) is 3.51. The fourth-order valence-corrected chi connectivity index (χ4v) is 3.01. The van der Waals surface area contributed by atoms with E-state index in [1.165, 1.54) is 24.3 Å². The zero-order chi connectivity index (χ0) is 20.6. The van der Waals surface area contributed by atoms with Crippen LogP contribution in [0, 0.1) is 5.82 Å². The van der Waals surface area contributed by atoms with Crippen LogP contribution in [-0.4, -0.2) is 44.8 Å². The van der Waals surface area contributed by atoms with E-state index < -0.39 is 24.3 Å². The summed E-state index contributed by atoms with van der Waals surface area (Å²) in [6.45, 7) is 2.59. The highest BCUT2D eigenvalue weighted by Gasteiger charge is 2.12. The van der Waals surface area contributed by atoms with Crippen molar-refractivity contribution >= 4 is 40.9 Å². The summed E-state index contributed by atoms with van der Waals surface area (Å²) in [6.07, 6.45) is 2.23. The van der Waals surface area contributed by atoms with Crippen molar-refractivity contribution < 1.29 is 23.5 Å². The fraction of sp³-hybridized carbons (Fsp3) is 0.238. The van der Waals surface area contributed by atoms with Crippen LogP contribution in [0.1, 0.15) is 5.56 Å². The third-order valence-corrected chi connectivity index (χ3v) is 4.59. The highest BCUT2D eigenvalue weighted by atomic mass is 35.5. The van der Waals surface area contributed by atoms with E-state index in [0.29, 0.717) is 18.9 Å². The first-order chi connectivity index (χ1) is 14.0. The van der Waals surface area contributed by atoms with Crippen molar-refractivity contribution in [1.29, 1.82) is 0 Å². The van der Waals surface area contributed by atoms with Crippen LogP contribution in [0.4, 0.5) is 15.8 Å². The number of nitrogens with zero attached hydrogens (tertiary/aromatic N) is 1. The monoisotopic (exact) mass is 418 g/mol. The van der Waals surface area contributed by atoms with E-state index in [1.807, 2.05) is 12.1 Å². The molecule has 0 aliphatic carbocycles. The van der Waals surface area contributed by atoms with Crippen LogP contribution >= 0.6 is 11.6 Å². The van der Waals surface area contributed by atoms with Gasteiger partial charge in [0.1, 0.15) is 5.82 Å². The van der Waals surface area contributed by atoms with E-state index in [1.54, 1.807) is 12.1 Å². The number of nitrogens with one attached hydrogen (secondary N) is 1. The van der Waals surface area contributed by atoms with Gasteiger partial charge in [0, 0.05) is 36.1 Å². The van der Waals surface area contributed by atoms with Gasteiger partial charge in [-0.15, -0.1) is 0 Å². The van der Waals surface area contributed by atoms with Gasteiger partial charge < -0.3 is 19.7 Å². The average molecular weight is 419 g/mol. The van der Waals surface area contributed by atoms with Crippen LogP contribution < -0.4 is 10.2 Å². The first-order valence-corrected chi connectivity index (χ1v) is 9.42. The zero-order valence-corrected chi connectivity index (χ0v) is 16.3. The molecule has 0 aromatic heterocycles. The standard InChI is InChI=1S/C21H20ClFN2O4/c22-18-2-1-3-19(23)17(18)8-9-21(27)29-14-20(26)24-15-4-6-16(7-5-15)25-10-12-28-13-11-25/h1-9H,10-14H2,(H,24,26)/b9-8+. The van der Waals surface area contributed by atoms with Crippen LogP contribution in [0.5, 0.6) is 0 Å². The molecule has 0 bridgehead atoms. The van der Waals surface area contributed by atoms with Crippen LogP contribution in [-0.2, 0) is 19.1 Å². The number of esters is 1. The molecule has 1 N–H and O–H groups in total. The van der Waals surface area contributed by atoms with Gasteiger partial charge in [0.25, 0.3) is 5.91 Å². The summed E-state index contributed by atoms with van der Waals surface area (Å²) in [7, 11) is 0. The number of carbonyl (C=O) groups excluding carboxylic acids is 2. The maximum atomic E-state index is 13.6. The van der Waals surface area contributed by atoms with E-state index in [4.69, 9.17) is 21.1 Å². The summed E-state index contributed by atoms with van der Waals surface area (Å²) in [5.74, 6) is -1.81. The quantitative estimate of drug-likeness (QED) is 0.574. The van der Waals surface area contributed by atoms with E-state index in [2.05, 4.69) is 10.2 Å². The number of hydrogen-bond donors (Lipinski definition) is 1. The van der Waals surface area contributed by atoms with Crippen molar-refractivity contribution in [3.63, 3.8) is 0 Å². The maximum Gasteiger partial charge on any atom is 0.331 e. The lowest BCUT2D eigenvalue weighted by molar-refractivity contribution is -0.142. The highest BCUT2D eigenvalue weighted by molar-refractivity contribution is 6.32. The number of anilines is 2. The normalized spacial score (nSPS) is 14.1.